The van der Waals surface area contributed by atoms with Crippen molar-refractivity contribution in [2.24, 2.45) is 5.14 Å². The number of sulfonamides is 1. The molecule has 1 aromatic rings. The molecular weight excluding hydrogens is 160 g/mol. The van der Waals surface area contributed by atoms with Crippen LogP contribution in [0.25, 0.3) is 0 Å². The van der Waals surface area contributed by atoms with Gasteiger partial charge in [0.1, 0.15) is 0 Å². The normalized spacial score (nSPS) is 11.7. The Kier molecular flexibility index (Phi) is 1.34. The first-order valence-electron chi connectivity index (χ1n) is 2.12. The van der Waals surface area contributed by atoms with Gasteiger partial charge < -0.3 is 5.73 Å². The van der Waals surface area contributed by atoms with E-state index in [1.165, 1.54) is 0 Å². The summed E-state index contributed by atoms with van der Waals surface area (Å²) >= 11 is 0. The summed E-state index contributed by atoms with van der Waals surface area (Å²) in [6, 6.07) is 0. The smallest absolute Gasteiger partial charge is 0.262 e. The van der Waals surface area contributed by atoms with Crippen LogP contribution >= 0.6 is 0 Å². The lowest BCUT2D eigenvalue weighted by atomic mass is 10.8. The van der Waals surface area contributed by atoms with Crippen molar-refractivity contribution in [1.82, 2.24) is 10.3 Å². The summed E-state index contributed by atoms with van der Waals surface area (Å²) in [5, 5.41) is 10.1. The van der Waals surface area contributed by atoms with Crippen LogP contribution in [-0.4, -0.2) is 18.7 Å². The fraction of sp³-hybridized carbons (Fsp3) is 0. The van der Waals surface area contributed by atoms with Gasteiger partial charge in [-0.2, -0.15) is 0 Å². The van der Waals surface area contributed by atoms with Crippen molar-refractivity contribution in [3.8, 4) is 0 Å². The summed E-state index contributed by atoms with van der Waals surface area (Å²) in [6.45, 7) is 0. The fourth-order valence-corrected chi connectivity index (χ4v) is 0.851. The summed E-state index contributed by atoms with van der Waals surface area (Å²) < 4.78 is 24.9. The molecular formula is C2H4N4O3S. The van der Waals surface area contributed by atoms with E-state index in [1.807, 2.05) is 0 Å². The van der Waals surface area contributed by atoms with Gasteiger partial charge in [0, 0.05) is 0 Å². The van der Waals surface area contributed by atoms with E-state index in [0.717, 1.165) is 0 Å². The predicted octanol–water partition coefficient (Wildman–Crippen LogP) is -1.70. The second-order valence-corrected chi connectivity index (χ2v) is 2.98. The number of hydrogen-bond donors (Lipinski definition) is 2. The third-order valence-corrected chi connectivity index (χ3v) is 1.57. The van der Waals surface area contributed by atoms with E-state index in [9.17, 15) is 8.42 Å². The highest BCUT2D eigenvalue weighted by Crippen LogP contribution is 2.08. The van der Waals surface area contributed by atoms with Crippen LogP contribution < -0.4 is 10.9 Å². The average Bonchev–Trinajstić information content (AvgIpc) is 2.11. The molecule has 0 spiro atoms. The Balaban J connectivity index is 3.32. The van der Waals surface area contributed by atoms with Gasteiger partial charge in [0.05, 0.1) is 0 Å². The SMILES string of the molecule is Nc1nonc1S(N)(=O)=O. The van der Waals surface area contributed by atoms with Crippen LogP contribution in [0.4, 0.5) is 5.82 Å². The fourth-order valence-electron chi connectivity index (χ4n) is 0.385. The van der Waals surface area contributed by atoms with Gasteiger partial charge in [0.25, 0.3) is 15.0 Å². The lowest BCUT2D eigenvalue weighted by molar-refractivity contribution is 0.298. The highest BCUT2D eigenvalue weighted by Gasteiger charge is 2.17. The lowest BCUT2D eigenvalue weighted by Crippen LogP contribution is -2.14. The highest BCUT2D eigenvalue weighted by molar-refractivity contribution is 7.89. The predicted molar refractivity (Wildman–Crippen MR) is 30.1 cm³/mol. The zero-order chi connectivity index (χ0) is 7.78. The summed E-state index contributed by atoms with van der Waals surface area (Å²) in [6.07, 6.45) is 0. The monoisotopic (exact) mass is 164 g/mol. The van der Waals surface area contributed by atoms with Gasteiger partial charge in [-0.1, -0.05) is 0 Å². The van der Waals surface area contributed by atoms with Crippen molar-refractivity contribution < 1.29 is 13.0 Å². The van der Waals surface area contributed by atoms with Gasteiger partial charge >= 0.3 is 0 Å². The van der Waals surface area contributed by atoms with Crippen LogP contribution in [0.5, 0.6) is 0 Å². The Hall–Kier alpha value is -1.15. The molecule has 1 aromatic heterocycles. The second-order valence-electron chi connectivity index (χ2n) is 1.50. The van der Waals surface area contributed by atoms with Crippen molar-refractivity contribution in [3.63, 3.8) is 0 Å². The number of nitrogen functional groups attached to an aromatic ring is 1. The standard InChI is InChI=1S/C2H4N4O3S/c3-1-2(6-9-5-1)10(4,7)8/h(H2,3,5)(H2,4,7,8). The van der Waals surface area contributed by atoms with E-state index < -0.39 is 15.0 Å². The van der Waals surface area contributed by atoms with Crippen molar-refractivity contribution in [2.75, 3.05) is 5.73 Å². The average molecular weight is 164 g/mol. The van der Waals surface area contributed by atoms with E-state index in [2.05, 4.69) is 20.1 Å². The zero-order valence-electron chi connectivity index (χ0n) is 4.68. The Morgan fingerprint density at radius 3 is 2.20 bits per heavy atom. The molecule has 0 aliphatic rings. The Labute approximate surface area is 56.0 Å². The number of rotatable bonds is 1. The van der Waals surface area contributed by atoms with Crippen LogP contribution in [-0.2, 0) is 10.0 Å². The minimum absolute atomic E-state index is 0.331. The third kappa shape index (κ3) is 1.06. The lowest BCUT2D eigenvalue weighted by Gasteiger charge is -1.86. The van der Waals surface area contributed by atoms with E-state index >= 15 is 0 Å². The van der Waals surface area contributed by atoms with Crippen LogP contribution in [0.1, 0.15) is 0 Å². The van der Waals surface area contributed by atoms with E-state index in [4.69, 9.17) is 5.73 Å². The number of primary sulfonamides is 1. The molecule has 0 fully saturated rings. The maximum absolute atomic E-state index is 10.5. The van der Waals surface area contributed by atoms with Crippen LogP contribution in [0.2, 0.25) is 0 Å². The minimum Gasteiger partial charge on any atom is -0.378 e. The molecule has 8 heteroatoms. The van der Waals surface area contributed by atoms with Crippen molar-refractivity contribution in [1.29, 1.82) is 0 Å². The number of aromatic nitrogens is 2. The maximum atomic E-state index is 10.5. The molecule has 0 unspecified atom stereocenters. The first-order chi connectivity index (χ1) is 4.52. The van der Waals surface area contributed by atoms with Gasteiger partial charge in [-0.3, -0.25) is 0 Å². The number of hydrogen-bond acceptors (Lipinski definition) is 6. The van der Waals surface area contributed by atoms with Crippen LogP contribution in [0.15, 0.2) is 9.65 Å². The molecule has 1 heterocycles. The first kappa shape index (κ1) is 6.96. The summed E-state index contributed by atoms with van der Waals surface area (Å²) in [5.41, 5.74) is 5.00. The Bertz CT molecular complexity index is 326. The molecule has 56 valence electrons. The zero-order valence-corrected chi connectivity index (χ0v) is 5.50. The number of nitrogens with zero attached hydrogens (tertiary/aromatic N) is 2. The van der Waals surface area contributed by atoms with Gasteiger partial charge in [0.2, 0.25) is 5.82 Å². The molecule has 10 heavy (non-hydrogen) atoms. The largest absolute Gasteiger partial charge is 0.378 e. The molecule has 0 saturated heterocycles. The summed E-state index contributed by atoms with van der Waals surface area (Å²) in [4.78, 5) is 0. The summed E-state index contributed by atoms with van der Waals surface area (Å²) in [5.74, 6) is -0.331. The van der Waals surface area contributed by atoms with Crippen LogP contribution in [0.3, 0.4) is 0 Å². The minimum atomic E-state index is -3.88. The van der Waals surface area contributed by atoms with Crippen molar-refractivity contribution in [2.45, 2.75) is 5.03 Å². The Morgan fingerprint density at radius 1 is 1.40 bits per heavy atom. The Morgan fingerprint density at radius 2 is 2.00 bits per heavy atom. The van der Waals surface area contributed by atoms with Crippen LogP contribution in [0, 0.1) is 0 Å². The maximum Gasteiger partial charge on any atom is 0.262 e. The molecule has 0 amide bonds. The van der Waals surface area contributed by atoms with Gasteiger partial charge in [0.15, 0.2) is 0 Å². The van der Waals surface area contributed by atoms with E-state index in [-0.39, 0.29) is 5.82 Å². The molecule has 0 aromatic carbocycles. The molecule has 7 nitrogen and oxygen atoms in total. The number of anilines is 1. The van der Waals surface area contributed by atoms with E-state index in [1.54, 1.807) is 0 Å². The topological polar surface area (TPSA) is 125 Å². The first-order valence-corrected chi connectivity index (χ1v) is 3.67. The molecule has 0 saturated carbocycles. The van der Waals surface area contributed by atoms with Gasteiger partial charge in [-0.15, -0.1) is 0 Å². The molecule has 0 radical (unpaired) electrons. The molecule has 0 bridgehead atoms. The molecule has 1 rings (SSSR count). The van der Waals surface area contributed by atoms with Gasteiger partial charge in [-0.05, 0) is 10.3 Å². The molecule has 0 aliphatic heterocycles. The third-order valence-electron chi connectivity index (χ3n) is 0.752. The molecule has 0 aliphatic carbocycles. The van der Waals surface area contributed by atoms with E-state index in [0.29, 0.717) is 0 Å². The van der Waals surface area contributed by atoms with Gasteiger partial charge in [-0.25, -0.2) is 18.2 Å². The van der Waals surface area contributed by atoms with Crippen molar-refractivity contribution in [3.05, 3.63) is 0 Å². The second kappa shape index (κ2) is 1.92. The highest BCUT2D eigenvalue weighted by atomic mass is 32.2. The molecule has 4 N–H and O–H groups in total. The number of nitrogens with two attached hydrogens (primary N) is 2. The molecule has 0 atom stereocenters. The quantitative estimate of drug-likeness (QED) is 0.509. The summed E-state index contributed by atoms with van der Waals surface area (Å²) in [7, 11) is -3.88. The van der Waals surface area contributed by atoms with Crippen molar-refractivity contribution >= 4 is 15.8 Å².